The molecule has 1 atom stereocenters. The van der Waals surface area contributed by atoms with Crippen molar-refractivity contribution in [1.29, 1.82) is 0 Å². The number of aliphatic hydroxyl groups is 1. The molecular formula is C10H23NO2. The van der Waals surface area contributed by atoms with Gasteiger partial charge in [-0.25, -0.2) is 0 Å². The molecule has 0 aliphatic rings. The van der Waals surface area contributed by atoms with E-state index >= 15 is 0 Å². The van der Waals surface area contributed by atoms with Crippen LogP contribution in [0.2, 0.25) is 0 Å². The van der Waals surface area contributed by atoms with Crippen LogP contribution >= 0.6 is 0 Å². The van der Waals surface area contributed by atoms with Gasteiger partial charge in [-0.15, -0.1) is 0 Å². The van der Waals surface area contributed by atoms with Gasteiger partial charge in [-0.05, 0) is 20.3 Å². The molecule has 0 amide bonds. The lowest BCUT2D eigenvalue weighted by Gasteiger charge is -2.19. The number of hydrogen-bond acceptors (Lipinski definition) is 3. The van der Waals surface area contributed by atoms with E-state index in [2.05, 4.69) is 19.2 Å². The molecule has 80 valence electrons. The van der Waals surface area contributed by atoms with E-state index < -0.39 is 0 Å². The molecule has 0 aliphatic carbocycles. The van der Waals surface area contributed by atoms with Crippen LogP contribution in [0.3, 0.4) is 0 Å². The van der Waals surface area contributed by atoms with Crippen molar-refractivity contribution in [2.45, 2.75) is 52.3 Å². The quantitative estimate of drug-likeness (QED) is 0.631. The molecule has 3 heteroatoms. The van der Waals surface area contributed by atoms with Gasteiger partial charge in [-0.2, -0.15) is 0 Å². The van der Waals surface area contributed by atoms with Crippen molar-refractivity contribution in [3.63, 3.8) is 0 Å². The lowest BCUT2D eigenvalue weighted by atomic mass is 10.2. The molecule has 0 aromatic carbocycles. The lowest BCUT2D eigenvalue weighted by molar-refractivity contribution is 0.0655. The number of rotatable bonds is 7. The molecule has 0 heterocycles. The maximum atomic E-state index is 9.02. The van der Waals surface area contributed by atoms with E-state index in [1.807, 2.05) is 13.8 Å². The zero-order chi connectivity index (χ0) is 10.3. The summed E-state index contributed by atoms with van der Waals surface area (Å²) in [5.41, 5.74) is 0. The van der Waals surface area contributed by atoms with Crippen LogP contribution in [-0.4, -0.2) is 36.5 Å². The van der Waals surface area contributed by atoms with Crippen LogP contribution in [0.4, 0.5) is 0 Å². The molecule has 0 aromatic heterocycles. The van der Waals surface area contributed by atoms with E-state index in [0.29, 0.717) is 12.6 Å². The number of nitrogens with one attached hydrogen (secondary N) is 1. The molecule has 0 saturated heterocycles. The Morgan fingerprint density at radius 2 is 1.85 bits per heavy atom. The molecule has 2 N–H and O–H groups in total. The third-order valence-corrected chi connectivity index (χ3v) is 1.71. The summed E-state index contributed by atoms with van der Waals surface area (Å²) in [6, 6.07) is 0.579. The first-order valence-electron chi connectivity index (χ1n) is 5.04. The zero-order valence-corrected chi connectivity index (χ0v) is 9.21. The van der Waals surface area contributed by atoms with Gasteiger partial charge in [0.1, 0.15) is 0 Å². The average molecular weight is 189 g/mol. The first-order valence-corrected chi connectivity index (χ1v) is 5.04. The molecule has 0 aliphatic heterocycles. The second-order valence-electron chi connectivity index (χ2n) is 3.91. The predicted octanol–water partition coefficient (Wildman–Crippen LogP) is 1.16. The van der Waals surface area contributed by atoms with Crippen molar-refractivity contribution in [1.82, 2.24) is 5.32 Å². The number of hydrogen-bond donors (Lipinski definition) is 2. The van der Waals surface area contributed by atoms with Gasteiger partial charge in [0.25, 0.3) is 0 Å². The molecule has 13 heavy (non-hydrogen) atoms. The monoisotopic (exact) mass is 189 g/mol. The molecule has 0 bridgehead atoms. The maximum Gasteiger partial charge on any atom is 0.0585 e. The van der Waals surface area contributed by atoms with Crippen LogP contribution in [0.1, 0.15) is 34.1 Å². The van der Waals surface area contributed by atoms with Crippen LogP contribution in [0.15, 0.2) is 0 Å². The van der Waals surface area contributed by atoms with Crippen molar-refractivity contribution in [2.24, 2.45) is 0 Å². The minimum Gasteiger partial charge on any atom is -0.395 e. The van der Waals surface area contributed by atoms with E-state index in [1.165, 1.54) is 0 Å². The number of aliphatic hydroxyl groups excluding tert-OH is 1. The summed E-state index contributed by atoms with van der Waals surface area (Å²) in [7, 11) is 0. The van der Waals surface area contributed by atoms with Gasteiger partial charge in [-0.1, -0.05) is 13.8 Å². The van der Waals surface area contributed by atoms with Crippen LogP contribution in [0, 0.1) is 0 Å². The predicted molar refractivity (Wildman–Crippen MR) is 54.9 cm³/mol. The summed E-state index contributed by atoms with van der Waals surface area (Å²) in [5.74, 6) is 0. The molecule has 0 aromatic rings. The first-order chi connectivity index (χ1) is 6.06. The van der Waals surface area contributed by atoms with E-state index in [4.69, 9.17) is 9.84 Å². The molecule has 1 unspecified atom stereocenters. The van der Waals surface area contributed by atoms with Gasteiger partial charge in [-0.3, -0.25) is 0 Å². The molecule has 0 radical (unpaired) electrons. The molecular weight excluding hydrogens is 166 g/mol. The Morgan fingerprint density at radius 1 is 1.23 bits per heavy atom. The van der Waals surface area contributed by atoms with Gasteiger partial charge in [0.2, 0.25) is 0 Å². The fourth-order valence-corrected chi connectivity index (χ4v) is 1.14. The van der Waals surface area contributed by atoms with E-state index in [1.54, 1.807) is 0 Å². The summed E-state index contributed by atoms with van der Waals surface area (Å²) < 4.78 is 5.40. The SMILES string of the molecule is CC(C)NC(CO)CCOC(C)C. The molecule has 0 saturated carbocycles. The van der Waals surface area contributed by atoms with Gasteiger partial charge < -0.3 is 15.2 Å². The molecule has 3 nitrogen and oxygen atoms in total. The average Bonchev–Trinajstić information content (AvgIpc) is 2.01. The fourth-order valence-electron chi connectivity index (χ4n) is 1.14. The Morgan fingerprint density at radius 3 is 2.23 bits per heavy atom. The third-order valence-electron chi connectivity index (χ3n) is 1.71. The van der Waals surface area contributed by atoms with Crippen molar-refractivity contribution < 1.29 is 9.84 Å². The van der Waals surface area contributed by atoms with Crippen LogP contribution in [0.25, 0.3) is 0 Å². The highest BCUT2D eigenvalue weighted by molar-refractivity contribution is 4.67. The summed E-state index contributed by atoms with van der Waals surface area (Å²) in [6.45, 7) is 9.08. The Hall–Kier alpha value is -0.120. The Balaban J connectivity index is 3.48. The number of ether oxygens (including phenoxy) is 1. The Labute approximate surface area is 81.5 Å². The topological polar surface area (TPSA) is 41.5 Å². The second kappa shape index (κ2) is 7.30. The van der Waals surface area contributed by atoms with Gasteiger partial charge in [0.05, 0.1) is 12.7 Å². The first kappa shape index (κ1) is 12.9. The standard InChI is InChI=1S/C10H23NO2/c1-8(2)11-10(7-12)5-6-13-9(3)4/h8-12H,5-7H2,1-4H3. The van der Waals surface area contributed by atoms with E-state index in [-0.39, 0.29) is 18.8 Å². The molecule has 0 spiro atoms. The minimum absolute atomic E-state index is 0.166. The summed E-state index contributed by atoms with van der Waals surface area (Å²) >= 11 is 0. The summed E-state index contributed by atoms with van der Waals surface area (Å²) in [4.78, 5) is 0. The van der Waals surface area contributed by atoms with Crippen molar-refractivity contribution in [3.8, 4) is 0 Å². The third kappa shape index (κ3) is 8.22. The smallest absolute Gasteiger partial charge is 0.0585 e. The van der Waals surface area contributed by atoms with Crippen LogP contribution < -0.4 is 5.32 Å². The van der Waals surface area contributed by atoms with Crippen molar-refractivity contribution >= 4 is 0 Å². The Bertz CT molecular complexity index is 115. The van der Waals surface area contributed by atoms with E-state index in [0.717, 1.165) is 6.42 Å². The van der Waals surface area contributed by atoms with Gasteiger partial charge in [0.15, 0.2) is 0 Å². The highest BCUT2D eigenvalue weighted by atomic mass is 16.5. The fraction of sp³-hybridized carbons (Fsp3) is 1.00. The molecule has 0 fully saturated rings. The lowest BCUT2D eigenvalue weighted by Crippen LogP contribution is -2.38. The minimum atomic E-state index is 0.166. The Kier molecular flexibility index (Phi) is 7.23. The van der Waals surface area contributed by atoms with Crippen molar-refractivity contribution in [3.05, 3.63) is 0 Å². The van der Waals surface area contributed by atoms with Crippen molar-refractivity contribution in [2.75, 3.05) is 13.2 Å². The normalized spacial score (nSPS) is 14.1. The summed E-state index contributed by atoms with van der Waals surface area (Å²) in [6.07, 6.45) is 1.14. The van der Waals surface area contributed by atoms with Crippen LogP contribution in [0.5, 0.6) is 0 Å². The van der Waals surface area contributed by atoms with Gasteiger partial charge >= 0.3 is 0 Å². The highest BCUT2D eigenvalue weighted by Gasteiger charge is 2.08. The largest absolute Gasteiger partial charge is 0.395 e. The highest BCUT2D eigenvalue weighted by Crippen LogP contribution is 1.96. The maximum absolute atomic E-state index is 9.02. The second-order valence-corrected chi connectivity index (χ2v) is 3.91. The van der Waals surface area contributed by atoms with E-state index in [9.17, 15) is 0 Å². The molecule has 0 rings (SSSR count). The van der Waals surface area contributed by atoms with Gasteiger partial charge in [0, 0.05) is 18.7 Å². The summed E-state index contributed by atoms with van der Waals surface area (Å²) in [5, 5.41) is 12.3. The zero-order valence-electron chi connectivity index (χ0n) is 9.21. The van der Waals surface area contributed by atoms with Crippen LogP contribution in [-0.2, 0) is 4.74 Å².